The molecule has 1 aliphatic rings. The number of nitrogens with zero attached hydrogens (tertiary/aromatic N) is 5. The Morgan fingerprint density at radius 1 is 1.04 bits per heavy atom. The van der Waals surface area contributed by atoms with Gasteiger partial charge in [0, 0.05) is 32.9 Å². The molecule has 0 spiro atoms. The SMILES string of the molecule is Cn1c(=O)c2c(nc3n2CCCN3c2ccc(F)cc2)n(C)c1=O. The molecule has 0 N–H and O–H groups in total. The van der Waals surface area contributed by atoms with E-state index in [2.05, 4.69) is 4.98 Å². The highest BCUT2D eigenvalue weighted by atomic mass is 19.1. The van der Waals surface area contributed by atoms with E-state index in [1.807, 2.05) is 9.47 Å². The summed E-state index contributed by atoms with van der Waals surface area (Å²) in [7, 11) is 3.07. The van der Waals surface area contributed by atoms with E-state index < -0.39 is 5.69 Å². The van der Waals surface area contributed by atoms with Crippen molar-refractivity contribution in [1.82, 2.24) is 18.7 Å². The highest BCUT2D eigenvalue weighted by Crippen LogP contribution is 2.30. The molecule has 24 heavy (non-hydrogen) atoms. The van der Waals surface area contributed by atoms with E-state index in [9.17, 15) is 14.0 Å². The van der Waals surface area contributed by atoms with Gasteiger partial charge < -0.3 is 9.47 Å². The maximum atomic E-state index is 13.2. The minimum absolute atomic E-state index is 0.305. The highest BCUT2D eigenvalue weighted by molar-refractivity contribution is 5.77. The maximum absolute atomic E-state index is 13.2. The molecule has 0 fully saturated rings. The first-order valence-corrected chi connectivity index (χ1v) is 7.68. The summed E-state index contributed by atoms with van der Waals surface area (Å²) in [5.74, 6) is 0.293. The quantitative estimate of drug-likeness (QED) is 0.671. The van der Waals surface area contributed by atoms with Crippen LogP contribution in [0.2, 0.25) is 0 Å². The van der Waals surface area contributed by atoms with Crippen molar-refractivity contribution < 1.29 is 4.39 Å². The van der Waals surface area contributed by atoms with Crippen LogP contribution < -0.4 is 16.1 Å². The lowest BCUT2D eigenvalue weighted by Crippen LogP contribution is -2.38. The first-order chi connectivity index (χ1) is 11.5. The van der Waals surface area contributed by atoms with E-state index in [4.69, 9.17) is 0 Å². The van der Waals surface area contributed by atoms with Gasteiger partial charge in [0.25, 0.3) is 5.56 Å². The normalized spacial score (nSPS) is 14.2. The Morgan fingerprint density at radius 3 is 2.46 bits per heavy atom. The predicted molar refractivity (Wildman–Crippen MR) is 88.2 cm³/mol. The van der Waals surface area contributed by atoms with Crippen LogP contribution in [0.15, 0.2) is 33.9 Å². The Balaban J connectivity index is 2.01. The number of benzene rings is 1. The van der Waals surface area contributed by atoms with Crippen LogP contribution in [0.4, 0.5) is 16.0 Å². The van der Waals surface area contributed by atoms with Crippen LogP contribution in [-0.4, -0.2) is 25.2 Å². The largest absolute Gasteiger partial charge is 0.332 e. The molecule has 124 valence electrons. The zero-order valence-electron chi connectivity index (χ0n) is 13.4. The number of hydrogen-bond acceptors (Lipinski definition) is 4. The van der Waals surface area contributed by atoms with Crippen molar-refractivity contribution in [3.05, 3.63) is 50.9 Å². The third kappa shape index (κ3) is 1.92. The molecule has 0 bridgehead atoms. The second-order valence-electron chi connectivity index (χ2n) is 5.92. The number of halogens is 1. The molecule has 0 aliphatic carbocycles. The van der Waals surface area contributed by atoms with Gasteiger partial charge in [0.1, 0.15) is 5.82 Å². The zero-order valence-corrected chi connectivity index (χ0v) is 13.4. The van der Waals surface area contributed by atoms with Gasteiger partial charge in [-0.15, -0.1) is 0 Å². The summed E-state index contributed by atoms with van der Waals surface area (Å²) in [5.41, 5.74) is 0.826. The van der Waals surface area contributed by atoms with Gasteiger partial charge in [-0.1, -0.05) is 0 Å². The Bertz CT molecular complexity index is 1060. The first-order valence-electron chi connectivity index (χ1n) is 7.68. The average molecular weight is 329 g/mol. The Hall–Kier alpha value is -2.90. The lowest BCUT2D eigenvalue weighted by molar-refractivity contribution is 0.598. The molecule has 0 atom stereocenters. The van der Waals surface area contributed by atoms with E-state index in [1.165, 1.54) is 23.7 Å². The third-order valence-electron chi connectivity index (χ3n) is 4.47. The Morgan fingerprint density at radius 2 is 1.75 bits per heavy atom. The van der Waals surface area contributed by atoms with Gasteiger partial charge in [-0.05, 0) is 30.7 Å². The predicted octanol–water partition coefficient (Wildman–Crippen LogP) is 1.11. The minimum atomic E-state index is -0.406. The molecule has 0 amide bonds. The number of hydrogen-bond donors (Lipinski definition) is 0. The first kappa shape index (κ1) is 14.7. The van der Waals surface area contributed by atoms with Crippen LogP contribution in [0.1, 0.15) is 6.42 Å². The van der Waals surface area contributed by atoms with E-state index in [1.54, 1.807) is 19.2 Å². The molecule has 3 aromatic rings. The van der Waals surface area contributed by atoms with Crippen molar-refractivity contribution in [2.24, 2.45) is 14.1 Å². The molecule has 1 aliphatic heterocycles. The van der Waals surface area contributed by atoms with Gasteiger partial charge in [0.15, 0.2) is 11.2 Å². The lowest BCUT2D eigenvalue weighted by Gasteiger charge is -2.29. The van der Waals surface area contributed by atoms with Crippen LogP contribution in [0.25, 0.3) is 11.2 Å². The minimum Gasteiger partial charge on any atom is -0.312 e. The fourth-order valence-electron chi connectivity index (χ4n) is 3.21. The summed E-state index contributed by atoms with van der Waals surface area (Å²) in [4.78, 5) is 31.1. The van der Waals surface area contributed by atoms with Gasteiger partial charge in [-0.3, -0.25) is 13.9 Å². The molecular formula is C16H16FN5O2. The maximum Gasteiger partial charge on any atom is 0.332 e. The monoisotopic (exact) mass is 329 g/mol. The molecule has 3 heterocycles. The molecule has 0 saturated heterocycles. The molecule has 7 nitrogen and oxygen atoms in total. The van der Waals surface area contributed by atoms with Crippen molar-refractivity contribution in [3.8, 4) is 0 Å². The van der Waals surface area contributed by atoms with Gasteiger partial charge in [0.2, 0.25) is 5.95 Å². The number of aromatic nitrogens is 4. The van der Waals surface area contributed by atoms with E-state index >= 15 is 0 Å². The Labute approximate surface area is 136 Å². The van der Waals surface area contributed by atoms with Crippen molar-refractivity contribution in [1.29, 1.82) is 0 Å². The van der Waals surface area contributed by atoms with Gasteiger partial charge >= 0.3 is 5.69 Å². The van der Waals surface area contributed by atoms with Gasteiger partial charge in [-0.25, -0.2) is 9.18 Å². The van der Waals surface area contributed by atoms with Crippen molar-refractivity contribution in [3.63, 3.8) is 0 Å². The molecule has 4 rings (SSSR count). The van der Waals surface area contributed by atoms with E-state index in [0.29, 0.717) is 30.2 Å². The summed E-state index contributed by atoms with van der Waals surface area (Å²) in [6, 6.07) is 6.15. The average Bonchev–Trinajstić information content (AvgIpc) is 2.98. The van der Waals surface area contributed by atoms with Crippen LogP contribution in [0.5, 0.6) is 0 Å². The standard InChI is InChI=1S/C16H16FN5O2/c1-19-13-12(14(23)20(2)16(19)24)22-9-3-8-21(15(22)18-13)11-6-4-10(17)5-7-11/h4-7H,3,8-9H2,1-2H3. The second kappa shape index (κ2) is 5.05. The molecule has 0 saturated carbocycles. The Kier molecular flexibility index (Phi) is 3.09. The third-order valence-corrected chi connectivity index (χ3v) is 4.47. The molecular weight excluding hydrogens is 313 g/mol. The van der Waals surface area contributed by atoms with Crippen LogP contribution in [0.3, 0.4) is 0 Å². The second-order valence-corrected chi connectivity index (χ2v) is 5.92. The number of anilines is 2. The highest BCUT2D eigenvalue weighted by Gasteiger charge is 2.26. The van der Waals surface area contributed by atoms with Crippen LogP contribution in [0, 0.1) is 5.82 Å². The summed E-state index contributed by atoms with van der Waals surface area (Å²) in [6.07, 6.45) is 0.821. The van der Waals surface area contributed by atoms with Crippen molar-refractivity contribution >= 4 is 22.8 Å². The fraction of sp³-hybridized carbons (Fsp3) is 0.312. The van der Waals surface area contributed by atoms with Gasteiger partial charge in [-0.2, -0.15) is 4.98 Å². The summed E-state index contributed by atoms with van der Waals surface area (Å²) in [6.45, 7) is 1.36. The van der Waals surface area contributed by atoms with Crippen LogP contribution in [-0.2, 0) is 20.6 Å². The van der Waals surface area contributed by atoms with E-state index in [0.717, 1.165) is 16.7 Å². The van der Waals surface area contributed by atoms with Crippen LogP contribution >= 0.6 is 0 Å². The fourth-order valence-corrected chi connectivity index (χ4v) is 3.21. The van der Waals surface area contributed by atoms with Crippen molar-refractivity contribution in [2.75, 3.05) is 11.4 Å². The lowest BCUT2D eigenvalue weighted by atomic mass is 10.2. The smallest absolute Gasteiger partial charge is 0.312 e. The van der Waals surface area contributed by atoms with Crippen molar-refractivity contribution in [2.45, 2.75) is 13.0 Å². The number of fused-ring (bicyclic) bond motifs is 3. The number of rotatable bonds is 1. The molecule has 8 heteroatoms. The summed E-state index contributed by atoms with van der Waals surface area (Å²) < 4.78 is 17.5. The van der Waals surface area contributed by atoms with E-state index in [-0.39, 0.29) is 11.4 Å². The zero-order chi connectivity index (χ0) is 17.0. The molecule has 0 radical (unpaired) electrons. The molecule has 0 unspecified atom stereocenters. The topological polar surface area (TPSA) is 65.1 Å². The molecule has 2 aromatic heterocycles. The summed E-state index contributed by atoms with van der Waals surface area (Å²) >= 11 is 0. The number of imidazole rings is 1. The van der Waals surface area contributed by atoms with Gasteiger partial charge in [0.05, 0.1) is 0 Å². The number of aryl methyl sites for hydroxylation is 2. The summed E-state index contributed by atoms with van der Waals surface area (Å²) in [5, 5.41) is 0. The molecule has 1 aromatic carbocycles.